The molecule has 0 spiro atoms. The number of nitrogens with one attached hydrogen (secondary N) is 3. The predicted molar refractivity (Wildman–Crippen MR) is 190 cm³/mol. The molecule has 0 heterocycles. The molecular formula is C39H52N4O6. The highest BCUT2D eigenvalue weighted by molar-refractivity contribution is 5.96. The van der Waals surface area contributed by atoms with Crippen molar-refractivity contribution in [3.63, 3.8) is 0 Å². The molecule has 10 nitrogen and oxygen atoms in total. The summed E-state index contributed by atoms with van der Waals surface area (Å²) in [7, 11) is 0. The third-order valence-corrected chi connectivity index (χ3v) is 8.08. The Labute approximate surface area is 290 Å². The molecule has 3 rings (SSSR count). The van der Waals surface area contributed by atoms with Crippen LogP contribution in [0.1, 0.15) is 70.6 Å². The standard InChI is InChI=1S/C39H52N4O6/c1-27(2)24-32(35(46)41-31(34(40)45)25-29-18-11-7-12-19-29)42-36(47)39(26-30-20-13-8-14-21-30,43-37(48)49-38(3,4)5)33(44)23-15-22-28-16-9-6-10-17-28/h6-14,16-21,27,31-33,44H,15,22-26H2,1-5H3,(H2,40,45)(H,41,46)(H,42,47)(H,43,48)/t31-,32-,33+,39-/m0/s1. The first-order valence-corrected chi connectivity index (χ1v) is 16.9. The highest BCUT2D eigenvalue weighted by Gasteiger charge is 2.48. The Bertz CT molecular complexity index is 1490. The van der Waals surface area contributed by atoms with Crippen molar-refractivity contribution in [1.82, 2.24) is 16.0 Å². The van der Waals surface area contributed by atoms with Crippen molar-refractivity contribution in [3.05, 3.63) is 108 Å². The normalized spacial score (nSPS) is 14.5. The van der Waals surface area contributed by atoms with Crippen molar-refractivity contribution >= 4 is 23.8 Å². The number of aliphatic hydroxyl groups excluding tert-OH is 1. The lowest BCUT2D eigenvalue weighted by Gasteiger charge is -2.39. The van der Waals surface area contributed by atoms with Crippen LogP contribution in [-0.4, -0.2) is 58.2 Å². The second-order valence-electron chi connectivity index (χ2n) is 14.0. The van der Waals surface area contributed by atoms with E-state index in [-0.39, 0.29) is 31.6 Å². The Morgan fingerprint density at radius 3 is 1.82 bits per heavy atom. The van der Waals surface area contributed by atoms with Gasteiger partial charge in [0.1, 0.15) is 17.7 Å². The molecule has 0 aliphatic carbocycles. The molecule has 0 saturated heterocycles. The number of aryl methyl sites for hydroxylation is 1. The zero-order chi connectivity index (χ0) is 36.0. The van der Waals surface area contributed by atoms with Crippen LogP contribution < -0.4 is 21.7 Å². The Morgan fingerprint density at radius 1 is 0.776 bits per heavy atom. The smallest absolute Gasteiger partial charge is 0.408 e. The summed E-state index contributed by atoms with van der Waals surface area (Å²) in [5, 5.41) is 20.3. The number of rotatable bonds is 17. The molecule has 0 aliphatic rings. The first-order chi connectivity index (χ1) is 23.2. The molecule has 0 saturated carbocycles. The van der Waals surface area contributed by atoms with E-state index in [1.807, 2.05) is 80.6 Å². The number of hydrogen-bond donors (Lipinski definition) is 5. The molecule has 264 valence electrons. The molecule has 0 aliphatic heterocycles. The predicted octanol–water partition coefficient (Wildman–Crippen LogP) is 4.62. The zero-order valence-electron chi connectivity index (χ0n) is 29.3. The third kappa shape index (κ3) is 12.7. The number of primary amides is 1. The van der Waals surface area contributed by atoms with Crippen LogP contribution in [0, 0.1) is 5.92 Å². The molecule has 3 aromatic rings. The molecule has 4 atom stereocenters. The minimum absolute atomic E-state index is 0.0460. The lowest BCUT2D eigenvalue weighted by molar-refractivity contribution is -0.137. The minimum Gasteiger partial charge on any atom is -0.444 e. The van der Waals surface area contributed by atoms with Gasteiger partial charge in [-0.25, -0.2) is 4.79 Å². The first kappa shape index (κ1) is 38.7. The van der Waals surface area contributed by atoms with Crippen molar-refractivity contribution in [2.45, 2.75) is 102 Å². The summed E-state index contributed by atoms with van der Waals surface area (Å²) in [5.74, 6) is -2.12. The van der Waals surface area contributed by atoms with Crippen molar-refractivity contribution in [3.8, 4) is 0 Å². The number of alkyl carbamates (subject to hydrolysis) is 1. The first-order valence-electron chi connectivity index (χ1n) is 16.9. The lowest BCUT2D eigenvalue weighted by Crippen LogP contribution is -2.69. The van der Waals surface area contributed by atoms with Gasteiger partial charge in [0.15, 0.2) is 5.54 Å². The van der Waals surface area contributed by atoms with Gasteiger partial charge >= 0.3 is 6.09 Å². The van der Waals surface area contributed by atoms with Gasteiger partial charge in [0.25, 0.3) is 0 Å². The second kappa shape index (κ2) is 18.2. The molecule has 4 amide bonds. The van der Waals surface area contributed by atoms with Gasteiger partial charge in [-0.3, -0.25) is 14.4 Å². The number of benzene rings is 3. The maximum absolute atomic E-state index is 14.6. The quantitative estimate of drug-likeness (QED) is 0.141. The summed E-state index contributed by atoms with van der Waals surface area (Å²) in [6.07, 6.45) is -0.644. The van der Waals surface area contributed by atoms with E-state index >= 15 is 0 Å². The van der Waals surface area contributed by atoms with Crippen LogP contribution in [-0.2, 0) is 38.4 Å². The SMILES string of the molecule is CC(C)C[C@H](NC(=O)[C@@](Cc1ccccc1)(NC(=O)OC(C)(C)C)[C@H](O)CCCc1ccccc1)C(=O)N[C@@H](Cc1ccccc1)C(N)=O. The molecule has 0 unspecified atom stereocenters. The van der Waals surface area contributed by atoms with E-state index in [4.69, 9.17) is 10.5 Å². The molecule has 49 heavy (non-hydrogen) atoms. The number of amides is 4. The van der Waals surface area contributed by atoms with Crippen LogP contribution in [0.25, 0.3) is 0 Å². The Balaban J connectivity index is 1.98. The maximum atomic E-state index is 14.6. The van der Waals surface area contributed by atoms with Crippen LogP contribution in [0.3, 0.4) is 0 Å². The number of nitrogens with two attached hydrogens (primary N) is 1. The van der Waals surface area contributed by atoms with Crippen LogP contribution in [0.5, 0.6) is 0 Å². The minimum atomic E-state index is -1.93. The highest BCUT2D eigenvalue weighted by atomic mass is 16.6. The van der Waals surface area contributed by atoms with Gasteiger partial charge in [0, 0.05) is 12.8 Å². The maximum Gasteiger partial charge on any atom is 0.408 e. The zero-order valence-corrected chi connectivity index (χ0v) is 29.3. The molecule has 0 bridgehead atoms. The topological polar surface area (TPSA) is 160 Å². The van der Waals surface area contributed by atoms with Crippen LogP contribution in [0.4, 0.5) is 4.79 Å². The summed E-state index contributed by atoms with van der Waals surface area (Å²) >= 11 is 0. The van der Waals surface area contributed by atoms with Crippen molar-refractivity contribution < 1.29 is 29.0 Å². The average molecular weight is 673 g/mol. The van der Waals surface area contributed by atoms with Gasteiger partial charge < -0.3 is 31.5 Å². The number of ether oxygens (including phenoxy) is 1. The van der Waals surface area contributed by atoms with Crippen molar-refractivity contribution in [2.24, 2.45) is 11.7 Å². The van der Waals surface area contributed by atoms with Crippen LogP contribution >= 0.6 is 0 Å². The molecule has 0 fully saturated rings. The molecule has 0 radical (unpaired) electrons. The fourth-order valence-electron chi connectivity index (χ4n) is 5.66. The summed E-state index contributed by atoms with van der Waals surface area (Å²) in [5.41, 5.74) is 5.42. The van der Waals surface area contributed by atoms with E-state index in [9.17, 15) is 24.3 Å². The van der Waals surface area contributed by atoms with Gasteiger partial charge in [0.05, 0.1) is 6.10 Å². The Morgan fingerprint density at radius 2 is 1.31 bits per heavy atom. The van der Waals surface area contributed by atoms with E-state index in [2.05, 4.69) is 16.0 Å². The van der Waals surface area contributed by atoms with Gasteiger partial charge in [-0.05, 0) is 69.1 Å². The highest BCUT2D eigenvalue weighted by Crippen LogP contribution is 2.25. The summed E-state index contributed by atoms with van der Waals surface area (Å²) in [6.45, 7) is 8.91. The molecular weight excluding hydrogens is 620 g/mol. The lowest BCUT2D eigenvalue weighted by atomic mass is 9.81. The number of carbonyl (C=O) groups is 4. The Kier molecular flexibility index (Phi) is 14.4. The largest absolute Gasteiger partial charge is 0.444 e. The second-order valence-corrected chi connectivity index (χ2v) is 14.0. The van der Waals surface area contributed by atoms with Crippen LogP contribution in [0.2, 0.25) is 0 Å². The Hall–Kier alpha value is -4.70. The van der Waals surface area contributed by atoms with E-state index < -0.39 is 53.1 Å². The van der Waals surface area contributed by atoms with Gasteiger partial charge in [0.2, 0.25) is 17.7 Å². The van der Waals surface area contributed by atoms with E-state index in [1.165, 1.54) is 0 Å². The number of carbonyl (C=O) groups excluding carboxylic acids is 4. The van der Waals surface area contributed by atoms with Crippen LogP contribution in [0.15, 0.2) is 91.0 Å². The third-order valence-electron chi connectivity index (χ3n) is 8.08. The van der Waals surface area contributed by atoms with Crippen molar-refractivity contribution in [1.29, 1.82) is 0 Å². The van der Waals surface area contributed by atoms with E-state index in [0.29, 0.717) is 18.4 Å². The van der Waals surface area contributed by atoms with Crippen molar-refractivity contribution in [2.75, 3.05) is 0 Å². The fourth-order valence-corrected chi connectivity index (χ4v) is 5.66. The molecule has 6 N–H and O–H groups in total. The summed E-state index contributed by atoms with van der Waals surface area (Å²) in [4.78, 5) is 54.3. The number of hydrogen-bond acceptors (Lipinski definition) is 6. The monoisotopic (exact) mass is 672 g/mol. The molecule has 0 aromatic heterocycles. The van der Waals surface area contributed by atoms with Gasteiger partial charge in [-0.2, -0.15) is 0 Å². The average Bonchev–Trinajstić information content (AvgIpc) is 3.04. The van der Waals surface area contributed by atoms with Gasteiger partial charge in [-0.15, -0.1) is 0 Å². The van der Waals surface area contributed by atoms with E-state index in [1.54, 1.807) is 45.0 Å². The fraction of sp³-hybridized carbons (Fsp3) is 0.436. The molecule has 3 aromatic carbocycles. The summed E-state index contributed by atoms with van der Waals surface area (Å²) in [6, 6.07) is 25.8. The molecule has 10 heteroatoms. The number of aliphatic hydroxyl groups is 1. The summed E-state index contributed by atoms with van der Waals surface area (Å²) < 4.78 is 5.59. The van der Waals surface area contributed by atoms with E-state index in [0.717, 1.165) is 11.1 Å². The van der Waals surface area contributed by atoms with Gasteiger partial charge in [-0.1, -0.05) is 105 Å².